The summed E-state index contributed by atoms with van der Waals surface area (Å²) in [6.07, 6.45) is 4.14. The van der Waals surface area contributed by atoms with Gasteiger partial charge in [0.25, 0.3) is 0 Å². The third kappa shape index (κ3) is 3.60. The number of pyridine rings is 1. The molecule has 0 aliphatic heterocycles. The maximum atomic E-state index is 4.86. The number of imidazole rings is 1. The second kappa shape index (κ2) is 9.39. The number of nitrogens with zero attached hydrogens (tertiary/aromatic N) is 3. The molecule has 4 heterocycles. The summed E-state index contributed by atoms with van der Waals surface area (Å²) >= 11 is 1.90. The molecule has 0 amide bonds. The molecule has 4 heteroatoms. The van der Waals surface area contributed by atoms with Gasteiger partial charge in [0.05, 0.1) is 21.4 Å². The monoisotopic (exact) mass is 591 g/mol. The average molecular weight is 592 g/mol. The maximum absolute atomic E-state index is 4.86. The molecule has 0 aliphatic carbocycles. The zero-order valence-electron chi connectivity index (χ0n) is 24.2. The Morgan fingerprint density at radius 3 is 2.07 bits per heavy atom. The lowest BCUT2D eigenvalue weighted by molar-refractivity contribution is 1.19. The Morgan fingerprint density at radius 1 is 0.533 bits per heavy atom. The van der Waals surface area contributed by atoms with Crippen LogP contribution in [0, 0.1) is 0 Å². The number of thiophene rings is 1. The molecule has 0 aliphatic rings. The van der Waals surface area contributed by atoms with E-state index in [0.29, 0.717) is 0 Å². The average Bonchev–Trinajstić information content (AvgIpc) is 3.81. The Labute approximate surface area is 262 Å². The molecule has 45 heavy (non-hydrogen) atoms. The molecule has 0 saturated carbocycles. The highest BCUT2D eigenvalue weighted by Crippen LogP contribution is 2.48. The fourth-order valence-corrected chi connectivity index (χ4v) is 8.35. The first-order valence-corrected chi connectivity index (χ1v) is 16.0. The van der Waals surface area contributed by atoms with Crippen LogP contribution in [0.4, 0.5) is 0 Å². The van der Waals surface area contributed by atoms with Gasteiger partial charge in [-0.3, -0.25) is 0 Å². The second-order valence-electron chi connectivity index (χ2n) is 11.6. The van der Waals surface area contributed by atoms with Gasteiger partial charge in [-0.25, -0.2) is 4.98 Å². The van der Waals surface area contributed by atoms with Crippen LogP contribution in [-0.4, -0.2) is 14.0 Å². The van der Waals surface area contributed by atoms with E-state index in [4.69, 9.17) is 4.98 Å². The first kappa shape index (κ1) is 24.7. The normalized spacial score (nSPS) is 12.0. The lowest BCUT2D eigenvalue weighted by Gasteiger charge is -2.11. The van der Waals surface area contributed by atoms with Gasteiger partial charge in [-0.2, -0.15) is 0 Å². The van der Waals surface area contributed by atoms with Crippen molar-refractivity contribution in [2.24, 2.45) is 0 Å². The molecule has 4 aromatic heterocycles. The van der Waals surface area contributed by atoms with Gasteiger partial charge in [0, 0.05) is 49.9 Å². The second-order valence-corrected chi connectivity index (χ2v) is 12.7. The Bertz CT molecular complexity index is 2710. The van der Waals surface area contributed by atoms with Crippen LogP contribution >= 0.6 is 11.3 Å². The molecule has 0 fully saturated rings. The molecular weight excluding hydrogens is 567 g/mol. The van der Waals surface area contributed by atoms with Crippen molar-refractivity contribution in [3.8, 4) is 28.1 Å². The Morgan fingerprint density at radius 2 is 1.24 bits per heavy atom. The van der Waals surface area contributed by atoms with Crippen LogP contribution in [0.25, 0.3) is 86.5 Å². The van der Waals surface area contributed by atoms with Crippen molar-refractivity contribution in [1.82, 2.24) is 14.0 Å². The first-order valence-electron chi connectivity index (χ1n) is 15.2. The Hall–Kier alpha value is -5.71. The fourth-order valence-electron chi connectivity index (χ4n) is 7.11. The number of hydrogen-bond donors (Lipinski definition) is 0. The fraction of sp³-hybridized carbons (Fsp3) is 0. The molecular formula is C41H25N3S. The highest BCUT2D eigenvalue weighted by Gasteiger charge is 2.22. The summed E-state index contributed by atoms with van der Waals surface area (Å²) in [7, 11) is 0. The quantitative estimate of drug-likeness (QED) is 0.200. The highest BCUT2D eigenvalue weighted by atomic mass is 32.1. The molecule has 0 spiro atoms. The van der Waals surface area contributed by atoms with Gasteiger partial charge in [-0.05, 0) is 64.4 Å². The molecule has 0 N–H and O–H groups in total. The van der Waals surface area contributed by atoms with Crippen LogP contribution in [0.5, 0.6) is 0 Å². The molecule has 0 saturated heterocycles. The van der Waals surface area contributed by atoms with E-state index in [-0.39, 0.29) is 0 Å². The van der Waals surface area contributed by atoms with Crippen LogP contribution in [0.3, 0.4) is 0 Å². The van der Waals surface area contributed by atoms with Crippen molar-refractivity contribution >= 4 is 69.7 Å². The van der Waals surface area contributed by atoms with Gasteiger partial charge < -0.3 is 8.97 Å². The number of hydrogen-bond acceptors (Lipinski definition) is 2. The van der Waals surface area contributed by atoms with E-state index in [0.717, 1.165) is 22.6 Å². The van der Waals surface area contributed by atoms with E-state index in [1.807, 2.05) is 35.7 Å². The largest absolute Gasteiger partial charge is 0.308 e. The number of para-hydroxylation sites is 1. The predicted octanol–water partition coefficient (Wildman–Crippen LogP) is 11.3. The molecule has 10 aromatic rings. The third-order valence-electron chi connectivity index (χ3n) is 9.14. The Kier molecular flexibility index (Phi) is 5.16. The highest BCUT2D eigenvalue weighted by molar-refractivity contribution is 7.27. The van der Waals surface area contributed by atoms with Crippen molar-refractivity contribution in [3.63, 3.8) is 0 Å². The van der Waals surface area contributed by atoms with Crippen molar-refractivity contribution in [2.45, 2.75) is 0 Å². The number of rotatable bonds is 3. The van der Waals surface area contributed by atoms with Gasteiger partial charge in [-0.15, -0.1) is 11.3 Å². The van der Waals surface area contributed by atoms with Crippen LogP contribution < -0.4 is 0 Å². The molecule has 210 valence electrons. The van der Waals surface area contributed by atoms with Crippen molar-refractivity contribution in [1.29, 1.82) is 0 Å². The first-order chi connectivity index (χ1) is 22.3. The van der Waals surface area contributed by atoms with Gasteiger partial charge in [-0.1, -0.05) is 97.1 Å². The smallest absolute Gasteiger partial charge is 0.137 e. The lowest BCUT2D eigenvalue weighted by Crippen LogP contribution is -1.94. The van der Waals surface area contributed by atoms with Crippen LogP contribution in [0.1, 0.15) is 0 Å². The van der Waals surface area contributed by atoms with E-state index < -0.39 is 0 Å². The van der Waals surface area contributed by atoms with E-state index in [1.165, 1.54) is 63.9 Å². The molecule has 3 nitrogen and oxygen atoms in total. The zero-order chi connectivity index (χ0) is 29.5. The summed E-state index contributed by atoms with van der Waals surface area (Å²) in [6.45, 7) is 0. The van der Waals surface area contributed by atoms with E-state index in [2.05, 4.69) is 136 Å². The zero-order valence-corrected chi connectivity index (χ0v) is 25.0. The lowest BCUT2D eigenvalue weighted by atomic mass is 9.97. The van der Waals surface area contributed by atoms with Gasteiger partial charge in [0.1, 0.15) is 5.65 Å². The molecule has 6 aromatic carbocycles. The third-order valence-corrected chi connectivity index (χ3v) is 10.3. The minimum atomic E-state index is 0.952. The topological polar surface area (TPSA) is 22.2 Å². The summed E-state index contributed by atoms with van der Waals surface area (Å²) in [5, 5.41) is 7.84. The molecule has 0 atom stereocenters. The standard InChI is InChI=1S/C41H25N3S/c1-2-10-26(11-3-1)28-19-22-36-33(24-28)39-31-13-5-4-12-30(31)38-32-14-6-7-15-35(32)44(40(38)41(39)45-36)29-20-17-27(18-21-29)34-25-43-23-9-8-16-37(43)42-34/h1-25H. The maximum Gasteiger partial charge on any atom is 0.137 e. The summed E-state index contributed by atoms with van der Waals surface area (Å²) in [5.74, 6) is 0. The van der Waals surface area contributed by atoms with E-state index >= 15 is 0 Å². The van der Waals surface area contributed by atoms with Gasteiger partial charge >= 0.3 is 0 Å². The summed E-state index contributed by atoms with van der Waals surface area (Å²) in [5.41, 5.74) is 9.15. The van der Waals surface area contributed by atoms with Crippen LogP contribution in [-0.2, 0) is 0 Å². The van der Waals surface area contributed by atoms with Crippen LogP contribution in [0.15, 0.2) is 152 Å². The van der Waals surface area contributed by atoms with Crippen molar-refractivity contribution in [3.05, 3.63) is 152 Å². The molecule has 0 unspecified atom stereocenters. The van der Waals surface area contributed by atoms with E-state index in [1.54, 1.807) is 0 Å². The number of aromatic nitrogens is 3. The van der Waals surface area contributed by atoms with Crippen molar-refractivity contribution in [2.75, 3.05) is 0 Å². The predicted molar refractivity (Wildman–Crippen MR) is 191 cm³/mol. The van der Waals surface area contributed by atoms with E-state index in [9.17, 15) is 0 Å². The molecule has 0 bridgehead atoms. The van der Waals surface area contributed by atoms with Crippen LogP contribution in [0.2, 0.25) is 0 Å². The number of fused-ring (bicyclic) bond motifs is 11. The summed E-state index contributed by atoms with van der Waals surface area (Å²) in [4.78, 5) is 4.86. The van der Waals surface area contributed by atoms with Gasteiger partial charge in [0.15, 0.2) is 0 Å². The molecule has 0 radical (unpaired) electrons. The summed E-state index contributed by atoms with van der Waals surface area (Å²) in [6, 6.07) is 50.4. The summed E-state index contributed by atoms with van der Waals surface area (Å²) < 4.78 is 7.18. The van der Waals surface area contributed by atoms with Gasteiger partial charge in [0.2, 0.25) is 0 Å². The number of benzene rings is 6. The Balaban J connectivity index is 1.29. The SMILES string of the molecule is c1ccc(-c2ccc3sc4c(c3c2)c2ccccc2c2c3ccccc3n(-c3ccc(-c5cn6ccccc6n5)cc3)c42)cc1. The minimum Gasteiger partial charge on any atom is -0.308 e. The van der Waals surface area contributed by atoms with Crippen molar-refractivity contribution < 1.29 is 0 Å². The minimum absolute atomic E-state index is 0.952. The molecule has 10 rings (SSSR count).